The molecule has 1 unspecified atom stereocenters. The van der Waals surface area contributed by atoms with Crippen molar-refractivity contribution < 1.29 is 9.59 Å². The summed E-state index contributed by atoms with van der Waals surface area (Å²) in [6, 6.07) is 17.8. The first-order valence-electron chi connectivity index (χ1n) is 9.73. The standard InChI is InChI=1S/C23H23N3O2S/c1-16-24-21(15-29-16)18-8-5-9-20(12-18)25-23(28)19-13-22(27)26(14-19)11-10-17-6-3-2-4-7-17/h2-9,12,15,19H,10-11,13-14H2,1H3,(H,25,28). The molecule has 2 aromatic carbocycles. The number of aromatic nitrogens is 1. The molecule has 5 nitrogen and oxygen atoms in total. The number of likely N-dealkylation sites (tertiary alicyclic amines) is 1. The molecule has 0 spiro atoms. The Bertz CT molecular complexity index is 1020. The number of amides is 2. The van der Waals surface area contributed by atoms with Gasteiger partial charge >= 0.3 is 0 Å². The van der Waals surface area contributed by atoms with Gasteiger partial charge in [-0.3, -0.25) is 9.59 Å². The molecule has 0 saturated carbocycles. The van der Waals surface area contributed by atoms with E-state index in [0.717, 1.165) is 28.4 Å². The van der Waals surface area contributed by atoms with Crippen molar-refractivity contribution in [2.75, 3.05) is 18.4 Å². The van der Waals surface area contributed by atoms with E-state index >= 15 is 0 Å². The monoisotopic (exact) mass is 405 g/mol. The highest BCUT2D eigenvalue weighted by Crippen LogP contribution is 2.25. The molecule has 2 amide bonds. The zero-order valence-electron chi connectivity index (χ0n) is 16.3. The Morgan fingerprint density at radius 3 is 2.79 bits per heavy atom. The lowest BCUT2D eigenvalue weighted by atomic mass is 10.1. The van der Waals surface area contributed by atoms with Gasteiger partial charge in [0.05, 0.1) is 16.6 Å². The Labute approximate surface area is 174 Å². The fourth-order valence-corrected chi connectivity index (χ4v) is 4.19. The molecule has 1 aliphatic rings. The molecular weight excluding hydrogens is 382 g/mol. The molecule has 6 heteroatoms. The van der Waals surface area contributed by atoms with Crippen LogP contribution in [0, 0.1) is 12.8 Å². The third-order valence-electron chi connectivity index (χ3n) is 5.14. The van der Waals surface area contributed by atoms with Gasteiger partial charge in [0, 0.05) is 36.1 Å². The largest absolute Gasteiger partial charge is 0.342 e. The van der Waals surface area contributed by atoms with E-state index in [4.69, 9.17) is 0 Å². The summed E-state index contributed by atoms with van der Waals surface area (Å²) in [4.78, 5) is 31.4. The maximum absolute atomic E-state index is 12.7. The predicted molar refractivity (Wildman–Crippen MR) is 116 cm³/mol. The summed E-state index contributed by atoms with van der Waals surface area (Å²) in [5.41, 5.74) is 3.81. The Balaban J connectivity index is 1.36. The van der Waals surface area contributed by atoms with E-state index in [1.807, 2.05) is 54.8 Å². The molecule has 1 saturated heterocycles. The SMILES string of the molecule is Cc1nc(-c2cccc(NC(=O)C3CC(=O)N(CCc4ccccc4)C3)c2)cs1. The van der Waals surface area contributed by atoms with Gasteiger partial charge in [-0.05, 0) is 31.0 Å². The highest BCUT2D eigenvalue weighted by Gasteiger charge is 2.34. The van der Waals surface area contributed by atoms with E-state index in [0.29, 0.717) is 13.1 Å². The van der Waals surface area contributed by atoms with Crippen LogP contribution < -0.4 is 5.32 Å². The van der Waals surface area contributed by atoms with Gasteiger partial charge in [-0.1, -0.05) is 42.5 Å². The quantitative estimate of drug-likeness (QED) is 0.670. The molecule has 1 aromatic heterocycles. The Morgan fingerprint density at radius 1 is 1.21 bits per heavy atom. The van der Waals surface area contributed by atoms with E-state index in [2.05, 4.69) is 22.4 Å². The lowest BCUT2D eigenvalue weighted by molar-refractivity contribution is -0.128. The third kappa shape index (κ3) is 4.71. The number of rotatable bonds is 6. The van der Waals surface area contributed by atoms with Gasteiger partial charge < -0.3 is 10.2 Å². The molecule has 1 aliphatic heterocycles. The second-order valence-electron chi connectivity index (χ2n) is 7.30. The third-order valence-corrected chi connectivity index (χ3v) is 5.92. The molecule has 0 radical (unpaired) electrons. The van der Waals surface area contributed by atoms with Crippen molar-refractivity contribution in [3.63, 3.8) is 0 Å². The fourth-order valence-electron chi connectivity index (χ4n) is 3.57. The van der Waals surface area contributed by atoms with E-state index in [-0.39, 0.29) is 24.2 Å². The molecule has 1 fully saturated rings. The van der Waals surface area contributed by atoms with Crippen molar-refractivity contribution in [3.05, 3.63) is 70.5 Å². The van der Waals surface area contributed by atoms with Gasteiger partial charge in [0.1, 0.15) is 0 Å². The number of aryl methyl sites for hydroxylation is 1. The minimum absolute atomic E-state index is 0.0489. The number of nitrogens with zero attached hydrogens (tertiary/aromatic N) is 2. The number of nitrogens with one attached hydrogen (secondary N) is 1. The van der Waals surface area contributed by atoms with Crippen molar-refractivity contribution in [2.24, 2.45) is 5.92 Å². The fraction of sp³-hybridized carbons (Fsp3) is 0.261. The number of carbonyl (C=O) groups excluding carboxylic acids is 2. The average molecular weight is 406 g/mol. The number of thiazole rings is 1. The zero-order chi connectivity index (χ0) is 20.2. The normalized spacial score (nSPS) is 16.2. The van der Waals surface area contributed by atoms with Crippen molar-refractivity contribution in [2.45, 2.75) is 19.8 Å². The number of hydrogen-bond donors (Lipinski definition) is 1. The smallest absolute Gasteiger partial charge is 0.229 e. The molecule has 0 aliphatic carbocycles. The van der Waals surface area contributed by atoms with Gasteiger partial charge in [0.25, 0.3) is 0 Å². The van der Waals surface area contributed by atoms with Crippen LogP contribution in [0.1, 0.15) is 17.0 Å². The summed E-state index contributed by atoms with van der Waals surface area (Å²) < 4.78 is 0. The van der Waals surface area contributed by atoms with E-state index in [1.165, 1.54) is 5.56 Å². The molecular formula is C23H23N3O2S. The van der Waals surface area contributed by atoms with Gasteiger partial charge in [-0.15, -0.1) is 11.3 Å². The Hall–Kier alpha value is -2.99. The van der Waals surface area contributed by atoms with Crippen LogP contribution in [0.3, 0.4) is 0 Å². The summed E-state index contributed by atoms with van der Waals surface area (Å²) in [6.07, 6.45) is 1.07. The lowest BCUT2D eigenvalue weighted by Gasteiger charge is -2.16. The maximum Gasteiger partial charge on any atom is 0.229 e. The highest BCUT2D eigenvalue weighted by molar-refractivity contribution is 7.09. The zero-order valence-corrected chi connectivity index (χ0v) is 17.1. The summed E-state index contributed by atoms with van der Waals surface area (Å²) in [5, 5.41) is 5.99. The van der Waals surface area contributed by atoms with Crippen LogP contribution in [-0.4, -0.2) is 34.8 Å². The summed E-state index contributed by atoms with van der Waals surface area (Å²) >= 11 is 1.60. The first-order chi connectivity index (χ1) is 14.1. The van der Waals surface area contributed by atoms with E-state index in [9.17, 15) is 9.59 Å². The molecule has 3 aromatic rings. The molecule has 4 rings (SSSR count). The number of benzene rings is 2. The summed E-state index contributed by atoms with van der Waals surface area (Å²) in [6.45, 7) is 3.09. The molecule has 148 valence electrons. The summed E-state index contributed by atoms with van der Waals surface area (Å²) in [5.74, 6) is -0.372. The highest BCUT2D eigenvalue weighted by atomic mass is 32.1. The lowest BCUT2D eigenvalue weighted by Crippen LogP contribution is -2.30. The molecule has 1 N–H and O–H groups in total. The summed E-state index contributed by atoms with van der Waals surface area (Å²) in [7, 11) is 0. The van der Waals surface area contributed by atoms with Gasteiger partial charge in [0.2, 0.25) is 11.8 Å². The first kappa shape index (κ1) is 19.3. The van der Waals surface area contributed by atoms with Crippen molar-refractivity contribution in [1.29, 1.82) is 0 Å². The van der Waals surface area contributed by atoms with Crippen molar-refractivity contribution >= 4 is 28.8 Å². The van der Waals surface area contributed by atoms with Crippen molar-refractivity contribution in [1.82, 2.24) is 9.88 Å². The maximum atomic E-state index is 12.7. The van der Waals surface area contributed by atoms with E-state index < -0.39 is 0 Å². The topological polar surface area (TPSA) is 62.3 Å². The Morgan fingerprint density at radius 2 is 2.03 bits per heavy atom. The predicted octanol–water partition coefficient (Wildman–Crippen LogP) is 4.15. The molecule has 0 bridgehead atoms. The number of carbonyl (C=O) groups is 2. The molecule has 1 atom stereocenters. The average Bonchev–Trinajstić information content (AvgIpc) is 3.33. The van der Waals surface area contributed by atoms with Gasteiger partial charge in [0.15, 0.2) is 0 Å². The second kappa shape index (κ2) is 8.57. The number of hydrogen-bond acceptors (Lipinski definition) is 4. The molecule has 29 heavy (non-hydrogen) atoms. The minimum Gasteiger partial charge on any atom is -0.342 e. The minimum atomic E-state index is -0.316. The van der Waals surface area contributed by atoms with Gasteiger partial charge in [-0.2, -0.15) is 0 Å². The van der Waals surface area contributed by atoms with Crippen LogP contribution in [0.2, 0.25) is 0 Å². The van der Waals surface area contributed by atoms with Crippen LogP contribution in [0.4, 0.5) is 5.69 Å². The number of anilines is 1. The van der Waals surface area contributed by atoms with Crippen LogP contribution in [-0.2, 0) is 16.0 Å². The first-order valence-corrected chi connectivity index (χ1v) is 10.6. The van der Waals surface area contributed by atoms with E-state index in [1.54, 1.807) is 16.2 Å². The van der Waals surface area contributed by atoms with Crippen LogP contribution >= 0.6 is 11.3 Å². The Kier molecular flexibility index (Phi) is 5.71. The molecule has 2 heterocycles. The van der Waals surface area contributed by atoms with Crippen LogP contribution in [0.5, 0.6) is 0 Å². The van der Waals surface area contributed by atoms with Gasteiger partial charge in [-0.25, -0.2) is 4.98 Å². The van der Waals surface area contributed by atoms with Crippen LogP contribution in [0.25, 0.3) is 11.3 Å². The van der Waals surface area contributed by atoms with Crippen LogP contribution in [0.15, 0.2) is 60.0 Å². The van der Waals surface area contributed by atoms with Crippen molar-refractivity contribution in [3.8, 4) is 11.3 Å². The second-order valence-corrected chi connectivity index (χ2v) is 8.36.